The summed E-state index contributed by atoms with van der Waals surface area (Å²) in [7, 11) is 0. The van der Waals surface area contributed by atoms with Crippen molar-refractivity contribution >= 4 is 6.09 Å². The Kier molecular flexibility index (Phi) is 3.97. The van der Waals surface area contributed by atoms with E-state index in [2.05, 4.69) is 11.8 Å². The van der Waals surface area contributed by atoms with Gasteiger partial charge in [-0.2, -0.15) is 0 Å². The monoisotopic (exact) mass is 214 g/mol. The summed E-state index contributed by atoms with van der Waals surface area (Å²) in [6.07, 6.45) is -0.182. The first kappa shape index (κ1) is 12.3. The zero-order valence-electron chi connectivity index (χ0n) is 10.2. The lowest BCUT2D eigenvalue weighted by molar-refractivity contribution is 0.0149. The van der Waals surface area contributed by atoms with Crippen LogP contribution in [0.25, 0.3) is 0 Å². The van der Waals surface area contributed by atoms with Crippen LogP contribution in [-0.2, 0) is 4.74 Å². The number of nitrogens with zero attached hydrogens (tertiary/aromatic N) is 2. The molecule has 1 aliphatic heterocycles. The van der Waals surface area contributed by atoms with E-state index < -0.39 is 0 Å². The van der Waals surface area contributed by atoms with Gasteiger partial charge >= 0.3 is 6.09 Å². The molecule has 0 aromatic carbocycles. The number of piperazine rings is 1. The van der Waals surface area contributed by atoms with Crippen molar-refractivity contribution in [3.05, 3.63) is 0 Å². The topological polar surface area (TPSA) is 32.8 Å². The van der Waals surface area contributed by atoms with Gasteiger partial charge in [-0.15, -0.1) is 0 Å². The number of ether oxygens (including phenoxy) is 1. The molecule has 0 spiro atoms. The Morgan fingerprint density at radius 2 is 1.73 bits per heavy atom. The Bertz CT molecular complexity index is 215. The number of amides is 1. The molecule has 0 bridgehead atoms. The van der Waals surface area contributed by atoms with Crippen molar-refractivity contribution in [2.24, 2.45) is 0 Å². The Balaban J connectivity index is 2.37. The number of rotatable bonds is 1. The van der Waals surface area contributed by atoms with Crippen molar-refractivity contribution in [2.45, 2.75) is 33.3 Å². The van der Waals surface area contributed by atoms with Gasteiger partial charge in [-0.1, -0.05) is 6.92 Å². The van der Waals surface area contributed by atoms with Crippen LogP contribution in [0.4, 0.5) is 4.79 Å². The first-order chi connectivity index (χ1) is 6.92. The summed E-state index contributed by atoms with van der Waals surface area (Å²) in [6, 6.07) is 0. The van der Waals surface area contributed by atoms with Crippen LogP contribution in [0.5, 0.6) is 0 Å². The van der Waals surface area contributed by atoms with Crippen molar-refractivity contribution in [1.82, 2.24) is 9.80 Å². The van der Waals surface area contributed by atoms with E-state index in [1.807, 2.05) is 20.8 Å². The zero-order chi connectivity index (χ0) is 11.5. The molecule has 4 heteroatoms. The molecule has 4 nitrogen and oxygen atoms in total. The second kappa shape index (κ2) is 4.84. The molecule has 1 heterocycles. The van der Waals surface area contributed by atoms with Gasteiger partial charge in [0.25, 0.3) is 0 Å². The fourth-order valence-electron chi connectivity index (χ4n) is 1.57. The molecule has 1 saturated heterocycles. The van der Waals surface area contributed by atoms with Crippen molar-refractivity contribution in [3.8, 4) is 0 Å². The summed E-state index contributed by atoms with van der Waals surface area (Å²) in [4.78, 5) is 15.8. The highest BCUT2D eigenvalue weighted by atomic mass is 16.6. The minimum Gasteiger partial charge on any atom is -0.444 e. The molecular weight excluding hydrogens is 192 g/mol. The Morgan fingerprint density at radius 3 is 2.13 bits per heavy atom. The molecule has 0 radical (unpaired) electrons. The fourth-order valence-corrected chi connectivity index (χ4v) is 1.57. The van der Waals surface area contributed by atoms with Gasteiger partial charge in [-0.05, 0) is 27.3 Å². The van der Waals surface area contributed by atoms with Crippen molar-refractivity contribution in [1.29, 1.82) is 0 Å². The van der Waals surface area contributed by atoms with Crippen LogP contribution in [0.15, 0.2) is 0 Å². The van der Waals surface area contributed by atoms with Crippen LogP contribution in [0.2, 0.25) is 0 Å². The predicted molar refractivity (Wildman–Crippen MR) is 59.9 cm³/mol. The van der Waals surface area contributed by atoms with Crippen LogP contribution >= 0.6 is 0 Å². The third-order valence-corrected chi connectivity index (χ3v) is 2.47. The van der Waals surface area contributed by atoms with E-state index in [9.17, 15) is 4.79 Å². The van der Waals surface area contributed by atoms with Gasteiger partial charge < -0.3 is 14.5 Å². The lowest BCUT2D eigenvalue weighted by atomic mass is 10.2. The molecule has 1 amide bonds. The second-order valence-corrected chi connectivity index (χ2v) is 4.90. The normalized spacial score (nSPS) is 19.1. The SMILES string of the molecule is CCN1CCN(C(=O)OC(C)(C)C)CC1. The fraction of sp³-hybridized carbons (Fsp3) is 0.909. The molecule has 1 rings (SSSR count). The van der Waals surface area contributed by atoms with Gasteiger partial charge in [0.2, 0.25) is 0 Å². The van der Waals surface area contributed by atoms with Gasteiger partial charge in [-0.3, -0.25) is 0 Å². The number of carbonyl (C=O) groups is 1. The minimum absolute atomic E-state index is 0.182. The van der Waals surface area contributed by atoms with Crippen LogP contribution in [0, 0.1) is 0 Å². The summed E-state index contributed by atoms with van der Waals surface area (Å²) in [5.41, 5.74) is -0.390. The molecule has 0 N–H and O–H groups in total. The Hall–Kier alpha value is -0.770. The van der Waals surface area contributed by atoms with Gasteiger partial charge in [-0.25, -0.2) is 4.79 Å². The molecule has 1 aliphatic rings. The van der Waals surface area contributed by atoms with Crippen molar-refractivity contribution < 1.29 is 9.53 Å². The van der Waals surface area contributed by atoms with Gasteiger partial charge in [0.15, 0.2) is 0 Å². The highest BCUT2D eigenvalue weighted by Crippen LogP contribution is 2.11. The Labute approximate surface area is 92.2 Å². The standard InChI is InChI=1S/C11H22N2O2/c1-5-12-6-8-13(9-7-12)10(14)15-11(2,3)4/h5-9H2,1-4H3. The third-order valence-electron chi connectivity index (χ3n) is 2.47. The number of hydrogen-bond donors (Lipinski definition) is 0. The zero-order valence-corrected chi connectivity index (χ0v) is 10.2. The van der Waals surface area contributed by atoms with E-state index in [1.165, 1.54) is 0 Å². The average molecular weight is 214 g/mol. The van der Waals surface area contributed by atoms with E-state index in [4.69, 9.17) is 4.74 Å². The summed E-state index contributed by atoms with van der Waals surface area (Å²) in [5, 5.41) is 0. The maximum Gasteiger partial charge on any atom is 0.410 e. The molecular formula is C11H22N2O2. The summed E-state index contributed by atoms with van der Waals surface area (Å²) >= 11 is 0. The van der Waals surface area contributed by atoms with Crippen molar-refractivity contribution in [2.75, 3.05) is 32.7 Å². The maximum atomic E-state index is 11.7. The highest BCUT2D eigenvalue weighted by molar-refractivity contribution is 5.68. The molecule has 0 unspecified atom stereocenters. The first-order valence-corrected chi connectivity index (χ1v) is 5.62. The summed E-state index contributed by atoms with van der Waals surface area (Å²) in [6.45, 7) is 12.4. The summed E-state index contributed by atoms with van der Waals surface area (Å²) in [5.74, 6) is 0. The molecule has 0 saturated carbocycles. The minimum atomic E-state index is -0.390. The first-order valence-electron chi connectivity index (χ1n) is 5.62. The smallest absolute Gasteiger partial charge is 0.410 e. The largest absolute Gasteiger partial charge is 0.444 e. The highest BCUT2D eigenvalue weighted by Gasteiger charge is 2.24. The van der Waals surface area contributed by atoms with Gasteiger partial charge in [0.1, 0.15) is 5.60 Å². The van der Waals surface area contributed by atoms with Crippen LogP contribution in [0.3, 0.4) is 0 Å². The molecule has 0 aromatic rings. The van der Waals surface area contributed by atoms with E-state index in [1.54, 1.807) is 4.90 Å². The number of hydrogen-bond acceptors (Lipinski definition) is 3. The molecule has 0 aromatic heterocycles. The molecule has 0 aliphatic carbocycles. The molecule has 0 atom stereocenters. The maximum absolute atomic E-state index is 11.7. The lowest BCUT2D eigenvalue weighted by Crippen LogP contribution is -2.49. The summed E-state index contributed by atoms with van der Waals surface area (Å²) < 4.78 is 5.31. The van der Waals surface area contributed by atoms with Crippen LogP contribution < -0.4 is 0 Å². The number of carbonyl (C=O) groups excluding carboxylic acids is 1. The van der Waals surface area contributed by atoms with Gasteiger partial charge in [0.05, 0.1) is 0 Å². The van der Waals surface area contributed by atoms with E-state index in [-0.39, 0.29) is 11.7 Å². The predicted octanol–water partition coefficient (Wildman–Crippen LogP) is 1.56. The molecule has 15 heavy (non-hydrogen) atoms. The Morgan fingerprint density at radius 1 is 1.20 bits per heavy atom. The second-order valence-electron chi connectivity index (χ2n) is 4.90. The average Bonchev–Trinajstić information content (AvgIpc) is 2.15. The quantitative estimate of drug-likeness (QED) is 0.664. The van der Waals surface area contributed by atoms with Gasteiger partial charge in [0, 0.05) is 26.2 Å². The third kappa shape index (κ3) is 4.08. The van der Waals surface area contributed by atoms with E-state index in [0.717, 1.165) is 32.7 Å². The van der Waals surface area contributed by atoms with Crippen molar-refractivity contribution in [3.63, 3.8) is 0 Å². The van der Waals surface area contributed by atoms with Crippen LogP contribution in [0.1, 0.15) is 27.7 Å². The number of likely N-dealkylation sites (N-methyl/N-ethyl adjacent to an activating group) is 1. The van der Waals surface area contributed by atoms with E-state index in [0.29, 0.717) is 0 Å². The molecule has 88 valence electrons. The lowest BCUT2D eigenvalue weighted by Gasteiger charge is -2.35. The van der Waals surface area contributed by atoms with Crippen LogP contribution in [-0.4, -0.2) is 54.2 Å². The molecule has 1 fully saturated rings. The van der Waals surface area contributed by atoms with E-state index >= 15 is 0 Å².